The fourth-order valence-electron chi connectivity index (χ4n) is 2.66. The van der Waals surface area contributed by atoms with E-state index in [9.17, 15) is 13.6 Å². The number of nitrogens with zero attached hydrogens (tertiary/aromatic N) is 2. The van der Waals surface area contributed by atoms with Crippen LogP contribution < -0.4 is 0 Å². The van der Waals surface area contributed by atoms with Crippen LogP contribution in [0.4, 0.5) is 8.78 Å². The van der Waals surface area contributed by atoms with Crippen LogP contribution in [0.5, 0.6) is 0 Å². The number of carbonyl (C=O) groups excluding carboxylic acids is 1. The Morgan fingerprint density at radius 2 is 1.21 bits per heavy atom. The van der Waals surface area contributed by atoms with Gasteiger partial charge in [0.1, 0.15) is 22.7 Å². The van der Waals surface area contributed by atoms with Crippen molar-refractivity contribution in [2.75, 3.05) is 0 Å². The average Bonchev–Trinajstić information content (AvgIpc) is 2.61. The molecule has 2 aromatic carbocycles. The van der Waals surface area contributed by atoms with Crippen LogP contribution >= 0.6 is 0 Å². The van der Waals surface area contributed by atoms with E-state index >= 15 is 0 Å². The summed E-state index contributed by atoms with van der Waals surface area (Å²) in [4.78, 5) is 20.7. The van der Waals surface area contributed by atoms with Gasteiger partial charge in [0.15, 0.2) is 5.78 Å². The SMILES string of the molecule is O=C(c1cnc2c(F)cccc2c1)c1cnc2c(F)cccc2c1. The van der Waals surface area contributed by atoms with Crippen LogP contribution in [-0.4, -0.2) is 15.8 Å². The second-order valence-corrected chi connectivity index (χ2v) is 5.40. The van der Waals surface area contributed by atoms with E-state index in [-0.39, 0.29) is 16.8 Å². The summed E-state index contributed by atoms with van der Waals surface area (Å²) in [7, 11) is 0. The number of fused-ring (bicyclic) bond motifs is 2. The maximum absolute atomic E-state index is 13.7. The molecule has 0 N–H and O–H groups in total. The number of halogens is 2. The molecule has 4 rings (SSSR count). The van der Waals surface area contributed by atoms with Gasteiger partial charge in [-0.2, -0.15) is 0 Å². The molecule has 0 fully saturated rings. The number of carbonyl (C=O) groups is 1. The van der Waals surface area contributed by atoms with E-state index in [0.717, 1.165) is 0 Å². The van der Waals surface area contributed by atoms with E-state index < -0.39 is 11.6 Å². The maximum atomic E-state index is 13.7. The first-order chi connectivity index (χ1) is 11.6. The van der Waals surface area contributed by atoms with Gasteiger partial charge in [0.25, 0.3) is 0 Å². The molecule has 0 aliphatic carbocycles. The number of pyridine rings is 2. The zero-order chi connectivity index (χ0) is 16.7. The van der Waals surface area contributed by atoms with E-state index in [4.69, 9.17) is 0 Å². The third-order valence-corrected chi connectivity index (χ3v) is 3.85. The molecule has 4 aromatic rings. The van der Waals surface area contributed by atoms with Gasteiger partial charge < -0.3 is 0 Å². The van der Waals surface area contributed by atoms with Gasteiger partial charge in [0.2, 0.25) is 0 Å². The van der Waals surface area contributed by atoms with Crippen molar-refractivity contribution in [2.24, 2.45) is 0 Å². The van der Waals surface area contributed by atoms with Crippen LogP contribution in [0.15, 0.2) is 60.9 Å². The van der Waals surface area contributed by atoms with Crippen LogP contribution in [0.1, 0.15) is 15.9 Å². The molecule has 0 radical (unpaired) electrons. The number of ketones is 1. The molecule has 0 aliphatic rings. The summed E-state index contributed by atoms with van der Waals surface area (Å²) in [6, 6.07) is 12.3. The molecule has 2 aromatic heterocycles. The monoisotopic (exact) mass is 320 g/mol. The summed E-state index contributed by atoms with van der Waals surface area (Å²) in [5, 5.41) is 1.08. The molecule has 0 bridgehead atoms. The molecule has 0 aliphatic heterocycles. The highest BCUT2D eigenvalue weighted by Crippen LogP contribution is 2.21. The quantitative estimate of drug-likeness (QED) is 0.517. The smallest absolute Gasteiger partial charge is 0.196 e. The van der Waals surface area contributed by atoms with Gasteiger partial charge in [-0.3, -0.25) is 14.8 Å². The Bertz CT molecular complexity index is 1020. The summed E-state index contributed by atoms with van der Waals surface area (Å²) in [6.45, 7) is 0. The lowest BCUT2D eigenvalue weighted by Gasteiger charge is -2.05. The molecule has 116 valence electrons. The highest BCUT2D eigenvalue weighted by atomic mass is 19.1. The van der Waals surface area contributed by atoms with Gasteiger partial charge in [-0.15, -0.1) is 0 Å². The first kappa shape index (κ1) is 14.4. The molecule has 0 saturated heterocycles. The molecule has 3 nitrogen and oxygen atoms in total. The summed E-state index contributed by atoms with van der Waals surface area (Å²) in [6.07, 6.45) is 2.67. The summed E-state index contributed by atoms with van der Waals surface area (Å²) < 4.78 is 27.3. The van der Waals surface area contributed by atoms with Crippen LogP contribution in [0, 0.1) is 11.6 Å². The van der Waals surface area contributed by atoms with Crippen molar-refractivity contribution in [1.29, 1.82) is 0 Å². The number of hydrogen-bond acceptors (Lipinski definition) is 3. The van der Waals surface area contributed by atoms with Crippen LogP contribution in [0.3, 0.4) is 0 Å². The minimum Gasteiger partial charge on any atom is -0.288 e. The molecule has 0 spiro atoms. The van der Waals surface area contributed by atoms with Crippen molar-refractivity contribution in [3.05, 3.63) is 83.7 Å². The van der Waals surface area contributed by atoms with Crippen LogP contribution in [0.2, 0.25) is 0 Å². The lowest BCUT2D eigenvalue weighted by atomic mass is 10.0. The average molecular weight is 320 g/mol. The first-order valence-corrected chi connectivity index (χ1v) is 7.27. The van der Waals surface area contributed by atoms with Crippen molar-refractivity contribution in [2.45, 2.75) is 0 Å². The molecule has 0 unspecified atom stereocenters. The summed E-state index contributed by atoms with van der Waals surface area (Å²) in [5.74, 6) is -1.17. The Balaban J connectivity index is 1.81. The normalized spacial score (nSPS) is 11.1. The Morgan fingerprint density at radius 3 is 1.67 bits per heavy atom. The van der Waals surface area contributed by atoms with Crippen molar-refractivity contribution in [3.63, 3.8) is 0 Å². The highest BCUT2D eigenvalue weighted by Gasteiger charge is 2.13. The Hall–Kier alpha value is -3.21. The molecule has 5 heteroatoms. The van der Waals surface area contributed by atoms with Crippen molar-refractivity contribution >= 4 is 27.6 Å². The van der Waals surface area contributed by atoms with Gasteiger partial charge in [-0.1, -0.05) is 24.3 Å². The van der Waals surface area contributed by atoms with E-state index in [1.165, 1.54) is 24.5 Å². The predicted molar refractivity (Wildman–Crippen MR) is 86.8 cm³/mol. The predicted octanol–water partition coefficient (Wildman–Crippen LogP) is 4.29. The van der Waals surface area contributed by atoms with Gasteiger partial charge in [0.05, 0.1) is 0 Å². The number of hydrogen-bond donors (Lipinski definition) is 0. The lowest BCUT2D eigenvalue weighted by Crippen LogP contribution is -2.03. The Kier molecular flexibility index (Phi) is 3.27. The molecule has 0 amide bonds. The van der Waals surface area contributed by atoms with Gasteiger partial charge in [0, 0.05) is 34.3 Å². The van der Waals surface area contributed by atoms with Gasteiger partial charge in [-0.05, 0) is 24.3 Å². The van der Waals surface area contributed by atoms with Crippen LogP contribution in [-0.2, 0) is 0 Å². The fraction of sp³-hybridized carbons (Fsp3) is 0. The summed E-state index contributed by atoms with van der Waals surface area (Å²) >= 11 is 0. The van der Waals surface area contributed by atoms with E-state index in [2.05, 4.69) is 9.97 Å². The minimum absolute atomic E-state index is 0.216. The molecule has 2 heterocycles. The third kappa shape index (κ3) is 2.31. The standard InChI is InChI=1S/C19H10F2N2O/c20-15-5-1-3-11-7-13(9-22-17(11)15)19(24)14-8-12-4-2-6-16(21)18(12)23-10-14/h1-10H. The number of benzene rings is 2. The van der Waals surface area contributed by atoms with Crippen molar-refractivity contribution in [1.82, 2.24) is 9.97 Å². The third-order valence-electron chi connectivity index (χ3n) is 3.85. The van der Waals surface area contributed by atoms with Gasteiger partial charge in [-0.25, -0.2) is 8.78 Å². The van der Waals surface area contributed by atoms with E-state index in [1.54, 1.807) is 36.4 Å². The topological polar surface area (TPSA) is 42.9 Å². The second kappa shape index (κ2) is 5.45. The van der Waals surface area contributed by atoms with E-state index in [0.29, 0.717) is 21.9 Å². The maximum Gasteiger partial charge on any atom is 0.196 e. The molecular formula is C19H10F2N2O. The minimum atomic E-state index is -0.436. The van der Waals surface area contributed by atoms with Crippen molar-refractivity contribution < 1.29 is 13.6 Å². The zero-order valence-electron chi connectivity index (χ0n) is 12.3. The van der Waals surface area contributed by atoms with Crippen LogP contribution in [0.25, 0.3) is 21.8 Å². The van der Waals surface area contributed by atoms with Gasteiger partial charge >= 0.3 is 0 Å². The Morgan fingerprint density at radius 1 is 0.750 bits per heavy atom. The molecule has 0 saturated carbocycles. The molecular weight excluding hydrogens is 310 g/mol. The van der Waals surface area contributed by atoms with E-state index in [1.807, 2.05) is 0 Å². The Labute approximate surface area is 135 Å². The first-order valence-electron chi connectivity index (χ1n) is 7.27. The molecule has 0 atom stereocenters. The fourth-order valence-corrected chi connectivity index (χ4v) is 2.66. The second-order valence-electron chi connectivity index (χ2n) is 5.40. The van der Waals surface area contributed by atoms with Crippen molar-refractivity contribution in [3.8, 4) is 0 Å². The number of aromatic nitrogens is 2. The summed E-state index contributed by atoms with van der Waals surface area (Å²) in [5.41, 5.74) is 1.08. The largest absolute Gasteiger partial charge is 0.288 e. The number of rotatable bonds is 2. The lowest BCUT2D eigenvalue weighted by molar-refractivity contribution is 0.103. The zero-order valence-corrected chi connectivity index (χ0v) is 12.3. The number of para-hydroxylation sites is 2. The highest BCUT2D eigenvalue weighted by molar-refractivity contribution is 6.11. The molecule has 24 heavy (non-hydrogen) atoms.